The van der Waals surface area contributed by atoms with Gasteiger partial charge >= 0.3 is 5.97 Å². The van der Waals surface area contributed by atoms with Gasteiger partial charge in [0.2, 0.25) is 0 Å². The van der Waals surface area contributed by atoms with Crippen molar-refractivity contribution >= 4 is 5.97 Å². The number of piperazine rings is 1. The van der Waals surface area contributed by atoms with Gasteiger partial charge in [-0.3, -0.25) is 9.69 Å². The number of methoxy groups -OCH3 is 1. The maximum Gasteiger partial charge on any atom is 0.324 e. The van der Waals surface area contributed by atoms with E-state index >= 15 is 0 Å². The Morgan fingerprint density at radius 2 is 2.22 bits per heavy atom. The Hall–Kier alpha value is -0.650. The van der Waals surface area contributed by atoms with Crippen molar-refractivity contribution in [2.24, 2.45) is 0 Å². The Morgan fingerprint density at radius 3 is 2.83 bits per heavy atom. The molecular weight excluding hydrogens is 232 g/mol. The molecule has 18 heavy (non-hydrogen) atoms. The van der Waals surface area contributed by atoms with Gasteiger partial charge in [-0.1, -0.05) is 0 Å². The minimum absolute atomic E-state index is 0.125. The highest BCUT2D eigenvalue weighted by atomic mass is 16.5. The monoisotopic (exact) mass is 258 g/mol. The van der Waals surface area contributed by atoms with Crippen molar-refractivity contribution in [1.29, 1.82) is 0 Å². The first kappa shape index (κ1) is 15.4. The molecule has 1 rings (SSSR count). The molecule has 1 aliphatic rings. The molecule has 0 aromatic heterocycles. The van der Waals surface area contributed by atoms with E-state index in [1.54, 1.807) is 7.11 Å². The van der Waals surface area contributed by atoms with Crippen LogP contribution in [0.15, 0.2) is 0 Å². The van der Waals surface area contributed by atoms with Crippen molar-refractivity contribution in [3.63, 3.8) is 0 Å². The van der Waals surface area contributed by atoms with Crippen LogP contribution < -0.4 is 5.32 Å². The molecule has 5 nitrogen and oxygen atoms in total. The third-order valence-corrected chi connectivity index (χ3v) is 3.47. The van der Waals surface area contributed by atoms with E-state index in [1.165, 1.54) is 0 Å². The molecule has 1 saturated heterocycles. The number of carbonyl (C=O) groups excluding carboxylic acids is 1. The molecule has 0 amide bonds. The number of hydrogen-bond donors (Lipinski definition) is 1. The maximum atomic E-state index is 11.9. The number of nitrogens with zero attached hydrogens (tertiary/aromatic N) is 1. The Kier molecular flexibility index (Phi) is 6.05. The molecule has 0 bridgehead atoms. The van der Waals surface area contributed by atoms with E-state index in [0.717, 1.165) is 26.1 Å². The van der Waals surface area contributed by atoms with E-state index in [0.29, 0.717) is 13.2 Å². The van der Waals surface area contributed by atoms with Crippen molar-refractivity contribution < 1.29 is 14.3 Å². The lowest BCUT2D eigenvalue weighted by Crippen LogP contribution is -2.56. The fourth-order valence-corrected chi connectivity index (χ4v) is 2.00. The zero-order valence-corrected chi connectivity index (χ0v) is 12.0. The summed E-state index contributed by atoms with van der Waals surface area (Å²) in [6.07, 6.45) is 0.902. The minimum Gasteiger partial charge on any atom is -0.465 e. The van der Waals surface area contributed by atoms with Crippen molar-refractivity contribution in [1.82, 2.24) is 10.2 Å². The van der Waals surface area contributed by atoms with Crippen LogP contribution in [-0.2, 0) is 14.3 Å². The van der Waals surface area contributed by atoms with Gasteiger partial charge < -0.3 is 14.8 Å². The zero-order valence-electron chi connectivity index (χ0n) is 12.0. The van der Waals surface area contributed by atoms with Crippen LogP contribution >= 0.6 is 0 Å². The molecule has 0 spiro atoms. The number of rotatable bonds is 6. The lowest BCUT2D eigenvalue weighted by Gasteiger charge is -2.36. The van der Waals surface area contributed by atoms with Crippen LogP contribution in [0.1, 0.15) is 27.2 Å². The van der Waals surface area contributed by atoms with Gasteiger partial charge in [-0.25, -0.2) is 0 Å². The minimum atomic E-state index is -0.161. The first-order chi connectivity index (χ1) is 8.50. The van der Waals surface area contributed by atoms with Crippen molar-refractivity contribution in [3.8, 4) is 0 Å². The Labute approximate surface area is 110 Å². The molecule has 0 aromatic carbocycles. The second-order valence-electron chi connectivity index (χ2n) is 5.22. The van der Waals surface area contributed by atoms with Gasteiger partial charge in [0.15, 0.2) is 0 Å². The highest BCUT2D eigenvalue weighted by Gasteiger charge is 2.30. The van der Waals surface area contributed by atoms with Gasteiger partial charge in [-0.2, -0.15) is 0 Å². The van der Waals surface area contributed by atoms with Crippen molar-refractivity contribution in [3.05, 3.63) is 0 Å². The summed E-state index contributed by atoms with van der Waals surface area (Å²) in [7, 11) is 1.72. The summed E-state index contributed by atoms with van der Waals surface area (Å²) in [5.41, 5.74) is -0.149. The summed E-state index contributed by atoms with van der Waals surface area (Å²) in [5, 5.41) is 3.24. The average molecular weight is 258 g/mol. The smallest absolute Gasteiger partial charge is 0.324 e. The number of hydrogen-bond acceptors (Lipinski definition) is 5. The Bertz CT molecular complexity index is 269. The van der Waals surface area contributed by atoms with Crippen molar-refractivity contribution in [2.45, 2.75) is 38.8 Å². The molecule has 1 N–H and O–H groups in total. The summed E-state index contributed by atoms with van der Waals surface area (Å²) < 4.78 is 10.5. The van der Waals surface area contributed by atoms with Gasteiger partial charge in [-0.05, 0) is 27.2 Å². The zero-order chi connectivity index (χ0) is 13.6. The highest BCUT2D eigenvalue weighted by molar-refractivity contribution is 5.76. The topological polar surface area (TPSA) is 50.8 Å². The van der Waals surface area contributed by atoms with Crippen LogP contribution in [0.25, 0.3) is 0 Å². The Morgan fingerprint density at radius 1 is 1.50 bits per heavy atom. The third kappa shape index (κ3) is 4.55. The summed E-state index contributed by atoms with van der Waals surface area (Å²) in [5.74, 6) is -0.125. The number of nitrogens with one attached hydrogen (secondary N) is 1. The summed E-state index contributed by atoms with van der Waals surface area (Å²) in [6, 6.07) is -0.161. The van der Waals surface area contributed by atoms with E-state index in [1.807, 2.05) is 6.92 Å². The Balaban J connectivity index is 2.52. The average Bonchev–Trinajstić information content (AvgIpc) is 2.37. The third-order valence-electron chi connectivity index (χ3n) is 3.47. The van der Waals surface area contributed by atoms with Crippen LogP contribution in [0.4, 0.5) is 0 Å². The second kappa shape index (κ2) is 7.07. The van der Waals surface area contributed by atoms with E-state index < -0.39 is 0 Å². The molecule has 1 aliphatic heterocycles. The summed E-state index contributed by atoms with van der Waals surface area (Å²) in [4.78, 5) is 14.1. The SMILES string of the molecule is CCOC(=O)C1CNCCN1CCC(C)(C)OC. The van der Waals surface area contributed by atoms with Crippen LogP contribution in [0.2, 0.25) is 0 Å². The molecule has 1 heterocycles. The number of carbonyl (C=O) groups is 1. The summed E-state index contributed by atoms with van der Waals surface area (Å²) >= 11 is 0. The predicted octanol–water partition coefficient (Wildman–Crippen LogP) is 0.638. The molecule has 1 fully saturated rings. The first-order valence-corrected chi connectivity index (χ1v) is 6.66. The van der Waals surface area contributed by atoms with Crippen LogP contribution in [0.3, 0.4) is 0 Å². The van der Waals surface area contributed by atoms with Crippen LogP contribution in [0, 0.1) is 0 Å². The standard InChI is InChI=1S/C13H26N2O3/c1-5-18-12(16)11-10-14-7-9-15(11)8-6-13(2,3)17-4/h11,14H,5-10H2,1-4H3. The van der Waals surface area contributed by atoms with E-state index in [-0.39, 0.29) is 17.6 Å². The molecule has 0 aliphatic carbocycles. The fraction of sp³-hybridized carbons (Fsp3) is 0.923. The largest absolute Gasteiger partial charge is 0.465 e. The van der Waals surface area contributed by atoms with Gasteiger partial charge in [-0.15, -0.1) is 0 Å². The van der Waals surface area contributed by atoms with Gasteiger partial charge in [0.1, 0.15) is 6.04 Å². The quantitative estimate of drug-likeness (QED) is 0.709. The predicted molar refractivity (Wildman–Crippen MR) is 70.6 cm³/mol. The molecule has 0 aromatic rings. The fourth-order valence-electron chi connectivity index (χ4n) is 2.00. The first-order valence-electron chi connectivity index (χ1n) is 6.66. The maximum absolute atomic E-state index is 11.9. The number of esters is 1. The van der Waals surface area contributed by atoms with Crippen LogP contribution in [-0.4, -0.2) is 62.4 Å². The van der Waals surface area contributed by atoms with Gasteiger partial charge in [0.25, 0.3) is 0 Å². The number of ether oxygens (including phenoxy) is 2. The van der Waals surface area contributed by atoms with E-state index in [4.69, 9.17) is 9.47 Å². The lowest BCUT2D eigenvalue weighted by molar-refractivity contribution is -0.150. The van der Waals surface area contributed by atoms with Crippen molar-refractivity contribution in [2.75, 3.05) is 39.9 Å². The molecule has 0 saturated carbocycles. The van der Waals surface area contributed by atoms with E-state index in [9.17, 15) is 4.79 Å². The summed E-state index contributed by atoms with van der Waals surface area (Å²) in [6.45, 7) is 9.73. The lowest BCUT2D eigenvalue weighted by atomic mass is 10.0. The molecule has 5 heteroatoms. The molecule has 106 valence electrons. The van der Waals surface area contributed by atoms with Gasteiger partial charge in [0, 0.05) is 33.3 Å². The highest BCUT2D eigenvalue weighted by Crippen LogP contribution is 2.15. The normalized spacial score (nSPS) is 21.9. The molecular formula is C13H26N2O3. The second-order valence-corrected chi connectivity index (χ2v) is 5.22. The molecule has 1 unspecified atom stereocenters. The molecule has 0 radical (unpaired) electrons. The van der Waals surface area contributed by atoms with E-state index in [2.05, 4.69) is 24.1 Å². The molecule has 1 atom stereocenters. The van der Waals surface area contributed by atoms with Crippen LogP contribution in [0.5, 0.6) is 0 Å². The van der Waals surface area contributed by atoms with Gasteiger partial charge in [0.05, 0.1) is 12.2 Å².